The molecule has 5 nitrogen and oxygen atoms in total. The van der Waals surface area contributed by atoms with Gasteiger partial charge in [0.2, 0.25) is 0 Å². The van der Waals surface area contributed by atoms with Crippen LogP contribution >= 0.6 is 0 Å². The monoisotopic (exact) mass is 242 g/mol. The normalized spacial score (nSPS) is 17.8. The van der Waals surface area contributed by atoms with Crippen molar-refractivity contribution >= 4 is 11.9 Å². The Morgan fingerprint density at radius 3 is 2.41 bits per heavy atom. The van der Waals surface area contributed by atoms with E-state index in [1.807, 2.05) is 6.92 Å². The number of ether oxygens (including phenoxy) is 1. The maximum Gasteiger partial charge on any atom is 0.332 e. The van der Waals surface area contributed by atoms with Crippen LogP contribution in [0.1, 0.15) is 39.5 Å². The summed E-state index contributed by atoms with van der Waals surface area (Å²) in [6.07, 6.45) is 4.30. The van der Waals surface area contributed by atoms with E-state index in [0.29, 0.717) is 6.54 Å². The van der Waals surface area contributed by atoms with E-state index in [4.69, 9.17) is 10.5 Å². The summed E-state index contributed by atoms with van der Waals surface area (Å²) < 4.78 is 4.77. The molecule has 1 amide bonds. The maximum absolute atomic E-state index is 12.1. The standard InChI is InChI=1S/C12H22N2O3/c1-3-14(9-7-5-6-8-9)11(15)10(13)12(16)17-4-2/h9-10H,3-8,13H2,1-2H3. The van der Waals surface area contributed by atoms with Crippen LogP contribution in [0.15, 0.2) is 0 Å². The summed E-state index contributed by atoms with van der Waals surface area (Å²) >= 11 is 0. The molecular formula is C12H22N2O3. The molecule has 1 aliphatic carbocycles. The lowest BCUT2D eigenvalue weighted by Crippen LogP contribution is -2.51. The van der Waals surface area contributed by atoms with Gasteiger partial charge in [-0.15, -0.1) is 0 Å². The van der Waals surface area contributed by atoms with Crippen LogP contribution in [-0.4, -0.2) is 42.0 Å². The average Bonchev–Trinajstić information content (AvgIpc) is 2.83. The van der Waals surface area contributed by atoms with Crippen LogP contribution in [0.4, 0.5) is 0 Å². The number of rotatable bonds is 5. The van der Waals surface area contributed by atoms with E-state index < -0.39 is 12.0 Å². The van der Waals surface area contributed by atoms with E-state index in [2.05, 4.69) is 0 Å². The van der Waals surface area contributed by atoms with Gasteiger partial charge >= 0.3 is 5.97 Å². The van der Waals surface area contributed by atoms with Gasteiger partial charge in [-0.2, -0.15) is 0 Å². The second kappa shape index (κ2) is 6.59. The highest BCUT2D eigenvalue weighted by Crippen LogP contribution is 2.23. The minimum Gasteiger partial charge on any atom is -0.464 e. The highest BCUT2D eigenvalue weighted by molar-refractivity contribution is 6.01. The predicted octanol–water partition coefficient (Wildman–Crippen LogP) is 0.668. The van der Waals surface area contributed by atoms with Crippen molar-refractivity contribution in [2.45, 2.75) is 51.6 Å². The maximum atomic E-state index is 12.1. The molecule has 0 heterocycles. The molecule has 1 fully saturated rings. The largest absolute Gasteiger partial charge is 0.464 e. The van der Waals surface area contributed by atoms with E-state index in [9.17, 15) is 9.59 Å². The third kappa shape index (κ3) is 3.43. The van der Waals surface area contributed by atoms with Gasteiger partial charge in [0, 0.05) is 12.6 Å². The van der Waals surface area contributed by atoms with Crippen LogP contribution in [0.3, 0.4) is 0 Å². The molecule has 0 aromatic heterocycles. The molecule has 0 spiro atoms. The summed E-state index contributed by atoms with van der Waals surface area (Å²) in [6.45, 7) is 4.45. The van der Waals surface area contributed by atoms with Gasteiger partial charge in [0.25, 0.3) is 5.91 Å². The smallest absolute Gasteiger partial charge is 0.332 e. The van der Waals surface area contributed by atoms with Crippen molar-refractivity contribution in [1.29, 1.82) is 0 Å². The van der Waals surface area contributed by atoms with Crippen LogP contribution in [0.5, 0.6) is 0 Å². The average molecular weight is 242 g/mol. The van der Waals surface area contributed by atoms with E-state index in [1.54, 1.807) is 11.8 Å². The third-order valence-electron chi connectivity index (χ3n) is 3.20. The molecule has 2 N–H and O–H groups in total. The molecule has 1 saturated carbocycles. The quantitative estimate of drug-likeness (QED) is 0.568. The van der Waals surface area contributed by atoms with Crippen molar-refractivity contribution in [3.8, 4) is 0 Å². The minimum atomic E-state index is -1.17. The zero-order valence-corrected chi connectivity index (χ0v) is 10.6. The van der Waals surface area contributed by atoms with Gasteiger partial charge in [-0.25, -0.2) is 4.79 Å². The Balaban J connectivity index is 2.61. The number of likely N-dealkylation sites (N-methyl/N-ethyl adjacent to an activating group) is 1. The molecule has 0 aromatic carbocycles. The molecule has 1 rings (SSSR count). The van der Waals surface area contributed by atoms with Crippen molar-refractivity contribution in [3.05, 3.63) is 0 Å². The lowest BCUT2D eigenvalue weighted by molar-refractivity contribution is -0.151. The Bertz CT molecular complexity index is 275. The van der Waals surface area contributed by atoms with Crippen LogP contribution < -0.4 is 5.73 Å². The first-order chi connectivity index (χ1) is 8.11. The molecule has 0 radical (unpaired) electrons. The number of hydrogen-bond acceptors (Lipinski definition) is 4. The summed E-state index contributed by atoms with van der Waals surface area (Å²) in [5.74, 6) is -0.938. The minimum absolute atomic E-state index is 0.243. The number of esters is 1. The molecule has 0 aromatic rings. The van der Waals surface area contributed by atoms with Gasteiger partial charge in [0.05, 0.1) is 6.61 Å². The first-order valence-corrected chi connectivity index (χ1v) is 6.34. The Morgan fingerprint density at radius 1 is 1.35 bits per heavy atom. The number of hydrogen-bond donors (Lipinski definition) is 1. The summed E-state index contributed by atoms with van der Waals surface area (Å²) in [6, 6.07) is -0.927. The number of nitrogens with zero attached hydrogens (tertiary/aromatic N) is 1. The zero-order valence-electron chi connectivity index (χ0n) is 10.6. The highest BCUT2D eigenvalue weighted by atomic mass is 16.5. The molecular weight excluding hydrogens is 220 g/mol. The molecule has 98 valence electrons. The lowest BCUT2D eigenvalue weighted by atomic mass is 10.1. The van der Waals surface area contributed by atoms with Gasteiger partial charge < -0.3 is 15.4 Å². The Kier molecular flexibility index (Phi) is 5.41. The van der Waals surface area contributed by atoms with Gasteiger partial charge in [0.15, 0.2) is 6.04 Å². The summed E-state index contributed by atoms with van der Waals surface area (Å²) in [7, 11) is 0. The predicted molar refractivity (Wildman–Crippen MR) is 64.3 cm³/mol. The molecule has 1 unspecified atom stereocenters. The second-order valence-electron chi connectivity index (χ2n) is 4.29. The van der Waals surface area contributed by atoms with Crippen molar-refractivity contribution in [1.82, 2.24) is 4.90 Å². The van der Waals surface area contributed by atoms with Crippen molar-refractivity contribution in [2.24, 2.45) is 5.73 Å². The summed E-state index contributed by atoms with van der Waals surface area (Å²) in [4.78, 5) is 25.2. The topological polar surface area (TPSA) is 72.6 Å². The van der Waals surface area contributed by atoms with E-state index in [0.717, 1.165) is 25.7 Å². The molecule has 5 heteroatoms. The third-order valence-corrected chi connectivity index (χ3v) is 3.20. The lowest BCUT2D eigenvalue weighted by Gasteiger charge is -2.29. The molecule has 1 atom stereocenters. The van der Waals surface area contributed by atoms with E-state index in [-0.39, 0.29) is 18.6 Å². The fraction of sp³-hybridized carbons (Fsp3) is 0.833. The van der Waals surface area contributed by atoms with Crippen molar-refractivity contribution in [3.63, 3.8) is 0 Å². The van der Waals surface area contributed by atoms with Crippen LogP contribution in [0, 0.1) is 0 Å². The fourth-order valence-electron chi connectivity index (χ4n) is 2.32. The molecule has 0 aliphatic heterocycles. The van der Waals surface area contributed by atoms with E-state index >= 15 is 0 Å². The Morgan fingerprint density at radius 2 is 1.94 bits per heavy atom. The molecule has 0 bridgehead atoms. The SMILES string of the molecule is CCOC(=O)C(N)C(=O)N(CC)C1CCCC1. The first-order valence-electron chi connectivity index (χ1n) is 6.34. The van der Waals surface area contributed by atoms with Gasteiger partial charge in [0.1, 0.15) is 0 Å². The Hall–Kier alpha value is -1.10. The number of amides is 1. The van der Waals surface area contributed by atoms with Gasteiger partial charge in [-0.1, -0.05) is 12.8 Å². The molecule has 0 saturated heterocycles. The van der Waals surface area contributed by atoms with Crippen molar-refractivity contribution in [2.75, 3.05) is 13.2 Å². The van der Waals surface area contributed by atoms with Gasteiger partial charge in [-0.05, 0) is 26.7 Å². The van der Waals surface area contributed by atoms with Crippen LogP contribution in [0.2, 0.25) is 0 Å². The summed E-state index contributed by atoms with van der Waals surface area (Å²) in [5.41, 5.74) is 5.63. The zero-order chi connectivity index (χ0) is 12.8. The van der Waals surface area contributed by atoms with Crippen LogP contribution in [-0.2, 0) is 14.3 Å². The first kappa shape index (κ1) is 14.0. The fourth-order valence-corrected chi connectivity index (χ4v) is 2.32. The van der Waals surface area contributed by atoms with Crippen LogP contribution in [0.25, 0.3) is 0 Å². The molecule has 1 aliphatic rings. The summed E-state index contributed by atoms with van der Waals surface area (Å²) in [5, 5.41) is 0. The number of carbonyl (C=O) groups excluding carboxylic acids is 2. The van der Waals surface area contributed by atoms with E-state index in [1.165, 1.54) is 0 Å². The highest BCUT2D eigenvalue weighted by Gasteiger charge is 2.32. The molecule has 17 heavy (non-hydrogen) atoms. The number of nitrogens with two attached hydrogens (primary N) is 1. The second-order valence-corrected chi connectivity index (χ2v) is 4.29. The number of carbonyl (C=O) groups is 2. The Labute approximate surface area is 102 Å². The van der Waals surface area contributed by atoms with Gasteiger partial charge in [-0.3, -0.25) is 4.79 Å². The van der Waals surface area contributed by atoms with Crippen molar-refractivity contribution < 1.29 is 14.3 Å².